The molecule has 23 heavy (non-hydrogen) atoms. The summed E-state index contributed by atoms with van der Waals surface area (Å²) >= 11 is 0. The van der Waals surface area contributed by atoms with E-state index in [1.807, 2.05) is 0 Å². The van der Waals surface area contributed by atoms with Gasteiger partial charge in [0.15, 0.2) is 0 Å². The summed E-state index contributed by atoms with van der Waals surface area (Å²) in [6, 6.07) is 3.47. The molecule has 1 aromatic rings. The molecule has 1 amide bonds. The molecule has 2 unspecified atom stereocenters. The number of halogens is 2. The molecule has 0 heterocycles. The maximum atomic E-state index is 13.6. The minimum absolute atomic E-state index is 0.0933. The van der Waals surface area contributed by atoms with Gasteiger partial charge in [-0.2, -0.15) is 0 Å². The first-order valence-corrected chi connectivity index (χ1v) is 7.93. The normalized spacial score (nSPS) is 19.4. The zero-order valence-electron chi connectivity index (χ0n) is 12.9. The number of amides is 1. The van der Waals surface area contributed by atoms with E-state index in [-0.39, 0.29) is 24.2 Å². The lowest BCUT2D eigenvalue weighted by Crippen LogP contribution is -2.26. The van der Waals surface area contributed by atoms with Gasteiger partial charge in [0.25, 0.3) is 0 Å². The van der Waals surface area contributed by atoms with E-state index in [4.69, 9.17) is 5.11 Å². The Morgan fingerprint density at radius 2 is 1.91 bits per heavy atom. The second-order valence-electron chi connectivity index (χ2n) is 5.96. The number of unbranched alkanes of at least 4 members (excludes halogenated alkanes) is 3. The van der Waals surface area contributed by atoms with Gasteiger partial charge in [0, 0.05) is 24.9 Å². The first-order chi connectivity index (χ1) is 11.0. The van der Waals surface area contributed by atoms with Gasteiger partial charge in [-0.05, 0) is 36.8 Å². The van der Waals surface area contributed by atoms with E-state index in [1.165, 1.54) is 12.1 Å². The second kappa shape index (κ2) is 8.04. The zero-order chi connectivity index (χ0) is 16.8. The van der Waals surface area contributed by atoms with Crippen LogP contribution in [0, 0.1) is 17.6 Å². The lowest BCUT2D eigenvalue weighted by molar-refractivity contribution is -0.137. The Kier molecular flexibility index (Phi) is 6.07. The van der Waals surface area contributed by atoms with Crippen LogP contribution in [-0.4, -0.2) is 23.5 Å². The zero-order valence-corrected chi connectivity index (χ0v) is 12.9. The van der Waals surface area contributed by atoms with Crippen molar-refractivity contribution in [1.29, 1.82) is 0 Å². The van der Waals surface area contributed by atoms with Crippen LogP contribution in [0.3, 0.4) is 0 Å². The molecule has 0 aliphatic heterocycles. The van der Waals surface area contributed by atoms with Crippen LogP contribution >= 0.6 is 0 Å². The molecule has 1 aliphatic rings. The van der Waals surface area contributed by atoms with E-state index in [1.54, 1.807) is 0 Å². The number of aliphatic carboxylic acids is 1. The first-order valence-electron chi connectivity index (χ1n) is 7.93. The lowest BCUT2D eigenvalue weighted by atomic mass is 10.1. The highest BCUT2D eigenvalue weighted by molar-refractivity contribution is 5.82. The van der Waals surface area contributed by atoms with Gasteiger partial charge in [-0.3, -0.25) is 9.59 Å². The van der Waals surface area contributed by atoms with Crippen molar-refractivity contribution in [3.8, 4) is 0 Å². The molecule has 1 aromatic carbocycles. The quantitative estimate of drug-likeness (QED) is 0.685. The van der Waals surface area contributed by atoms with Crippen molar-refractivity contribution in [2.24, 2.45) is 5.92 Å². The summed E-state index contributed by atoms with van der Waals surface area (Å²) in [5, 5.41) is 11.3. The average molecular weight is 325 g/mol. The second-order valence-corrected chi connectivity index (χ2v) is 5.96. The molecule has 126 valence electrons. The fraction of sp³-hybridized carbons (Fsp3) is 0.529. The van der Waals surface area contributed by atoms with Gasteiger partial charge in [-0.1, -0.05) is 18.9 Å². The van der Waals surface area contributed by atoms with Gasteiger partial charge in [0.05, 0.1) is 0 Å². The van der Waals surface area contributed by atoms with Gasteiger partial charge in [0.2, 0.25) is 5.91 Å². The Labute approximate surface area is 133 Å². The largest absolute Gasteiger partial charge is 0.481 e. The molecule has 0 radical (unpaired) electrons. The highest BCUT2D eigenvalue weighted by Gasteiger charge is 2.45. The Morgan fingerprint density at radius 3 is 2.61 bits per heavy atom. The predicted octanol–water partition coefficient (Wildman–Crippen LogP) is 3.22. The summed E-state index contributed by atoms with van der Waals surface area (Å²) < 4.78 is 26.5. The first kappa shape index (κ1) is 17.4. The van der Waals surface area contributed by atoms with Crippen LogP contribution in [0.1, 0.15) is 50.0 Å². The Hall–Kier alpha value is -1.98. The van der Waals surface area contributed by atoms with Crippen LogP contribution in [0.5, 0.6) is 0 Å². The number of hydrogen-bond donors (Lipinski definition) is 2. The molecular weight excluding hydrogens is 304 g/mol. The maximum absolute atomic E-state index is 13.6. The number of carboxylic acid groups (broad SMARTS) is 1. The number of carbonyl (C=O) groups excluding carboxylic acids is 1. The number of rotatable bonds is 9. The highest BCUT2D eigenvalue weighted by Crippen LogP contribution is 2.48. The van der Waals surface area contributed by atoms with Gasteiger partial charge < -0.3 is 10.4 Å². The fourth-order valence-electron chi connectivity index (χ4n) is 2.73. The summed E-state index contributed by atoms with van der Waals surface area (Å²) in [4.78, 5) is 22.3. The van der Waals surface area contributed by atoms with Crippen LogP contribution in [0.4, 0.5) is 8.78 Å². The van der Waals surface area contributed by atoms with Crippen molar-refractivity contribution in [2.75, 3.05) is 6.54 Å². The molecule has 1 saturated carbocycles. The van der Waals surface area contributed by atoms with E-state index >= 15 is 0 Å². The molecule has 2 N–H and O–H groups in total. The van der Waals surface area contributed by atoms with Gasteiger partial charge in [-0.15, -0.1) is 0 Å². The summed E-state index contributed by atoms with van der Waals surface area (Å²) in [5.74, 6) is -2.48. The van der Waals surface area contributed by atoms with E-state index in [9.17, 15) is 18.4 Å². The smallest absolute Gasteiger partial charge is 0.303 e. The molecule has 0 saturated heterocycles. The predicted molar refractivity (Wildman–Crippen MR) is 80.9 cm³/mol. The van der Waals surface area contributed by atoms with Gasteiger partial charge in [0.1, 0.15) is 11.6 Å². The van der Waals surface area contributed by atoms with Crippen molar-refractivity contribution in [2.45, 2.75) is 44.4 Å². The number of hydrogen-bond acceptors (Lipinski definition) is 2. The Bertz CT molecular complexity index is 577. The minimum Gasteiger partial charge on any atom is -0.481 e. The highest BCUT2D eigenvalue weighted by atomic mass is 19.1. The maximum Gasteiger partial charge on any atom is 0.303 e. The van der Waals surface area contributed by atoms with Crippen LogP contribution in [-0.2, 0) is 9.59 Å². The minimum atomic E-state index is -0.786. The SMILES string of the molecule is O=C(O)CCCCCCNC(=O)C1CC1c1ccc(F)cc1F. The van der Waals surface area contributed by atoms with Crippen molar-refractivity contribution in [1.82, 2.24) is 5.32 Å². The van der Waals surface area contributed by atoms with Crippen LogP contribution in [0.25, 0.3) is 0 Å². The molecule has 2 rings (SSSR count). The lowest BCUT2D eigenvalue weighted by Gasteiger charge is -2.06. The molecule has 0 spiro atoms. The Morgan fingerprint density at radius 1 is 1.17 bits per heavy atom. The monoisotopic (exact) mass is 325 g/mol. The fourth-order valence-corrected chi connectivity index (χ4v) is 2.73. The summed E-state index contributed by atoms with van der Waals surface area (Å²) in [6.07, 6.45) is 3.92. The van der Waals surface area contributed by atoms with Gasteiger partial charge >= 0.3 is 5.97 Å². The van der Waals surface area contributed by atoms with Crippen molar-refractivity contribution < 1.29 is 23.5 Å². The topological polar surface area (TPSA) is 66.4 Å². The third-order valence-corrected chi connectivity index (χ3v) is 4.11. The molecule has 1 fully saturated rings. The average Bonchev–Trinajstić information content (AvgIpc) is 3.26. The number of carbonyl (C=O) groups is 2. The van der Waals surface area contributed by atoms with Crippen LogP contribution < -0.4 is 5.32 Å². The summed E-state index contributed by atoms with van der Waals surface area (Å²) in [5.41, 5.74) is 0.403. The van der Waals surface area contributed by atoms with E-state index in [0.29, 0.717) is 24.9 Å². The van der Waals surface area contributed by atoms with E-state index in [2.05, 4.69) is 5.32 Å². The molecule has 0 aromatic heterocycles. The summed E-state index contributed by atoms with van der Waals surface area (Å²) in [7, 11) is 0. The van der Waals surface area contributed by atoms with Crippen molar-refractivity contribution >= 4 is 11.9 Å². The van der Waals surface area contributed by atoms with Crippen LogP contribution in [0.2, 0.25) is 0 Å². The third kappa shape index (κ3) is 5.30. The molecule has 4 nitrogen and oxygen atoms in total. The number of benzene rings is 1. The Balaban J connectivity index is 1.63. The van der Waals surface area contributed by atoms with E-state index < -0.39 is 17.6 Å². The summed E-state index contributed by atoms with van der Waals surface area (Å²) in [6.45, 7) is 0.543. The van der Waals surface area contributed by atoms with E-state index in [0.717, 1.165) is 25.3 Å². The standard InChI is InChI=1S/C17H21F2NO3/c18-11-6-7-12(15(19)9-11)13-10-14(13)17(23)20-8-4-2-1-3-5-16(21)22/h6-7,9,13-14H,1-5,8,10H2,(H,20,23)(H,21,22). The number of carboxylic acids is 1. The van der Waals surface area contributed by atoms with Crippen LogP contribution in [0.15, 0.2) is 18.2 Å². The molecule has 1 aliphatic carbocycles. The molecule has 6 heteroatoms. The molecule has 2 atom stereocenters. The number of nitrogens with one attached hydrogen (secondary N) is 1. The van der Waals surface area contributed by atoms with Crippen molar-refractivity contribution in [3.05, 3.63) is 35.4 Å². The molecule has 0 bridgehead atoms. The third-order valence-electron chi connectivity index (χ3n) is 4.11. The van der Waals surface area contributed by atoms with Gasteiger partial charge in [-0.25, -0.2) is 8.78 Å². The molecular formula is C17H21F2NO3. The van der Waals surface area contributed by atoms with Crippen molar-refractivity contribution in [3.63, 3.8) is 0 Å².